The van der Waals surface area contributed by atoms with Gasteiger partial charge in [-0.25, -0.2) is 4.68 Å². The van der Waals surface area contributed by atoms with Crippen LogP contribution >= 0.6 is 27.7 Å². The van der Waals surface area contributed by atoms with Crippen LogP contribution in [0.15, 0.2) is 58.2 Å². The van der Waals surface area contributed by atoms with E-state index in [1.807, 2.05) is 67.1 Å². The summed E-state index contributed by atoms with van der Waals surface area (Å²) in [6.45, 7) is 3.90. The maximum atomic E-state index is 13.2. The molecule has 138 valence electrons. The Bertz CT molecular complexity index is 991. The van der Waals surface area contributed by atoms with E-state index < -0.39 is 5.25 Å². The van der Waals surface area contributed by atoms with Crippen LogP contribution in [0.3, 0.4) is 0 Å². The number of aromatic nitrogens is 3. The van der Waals surface area contributed by atoms with Crippen molar-refractivity contribution in [1.29, 1.82) is 0 Å². The SMILES string of the molecule is Cc1ccc(NC(=O)[C@@H]2Sc3nnc(C)n3N[C@@H]2c2ccccc2)c(Br)c1. The van der Waals surface area contributed by atoms with Crippen LogP contribution in [-0.4, -0.2) is 26.0 Å². The lowest BCUT2D eigenvalue weighted by Crippen LogP contribution is -2.41. The monoisotopic (exact) mass is 443 g/mol. The fraction of sp³-hybridized carbons (Fsp3) is 0.211. The molecule has 3 aromatic rings. The lowest BCUT2D eigenvalue weighted by Gasteiger charge is -2.32. The Labute approximate surface area is 169 Å². The Morgan fingerprint density at radius 1 is 1.19 bits per heavy atom. The molecule has 0 radical (unpaired) electrons. The highest BCUT2D eigenvalue weighted by atomic mass is 79.9. The summed E-state index contributed by atoms with van der Waals surface area (Å²) in [4.78, 5) is 13.2. The van der Waals surface area contributed by atoms with Gasteiger partial charge in [0, 0.05) is 4.47 Å². The average Bonchev–Trinajstić information content (AvgIpc) is 3.04. The summed E-state index contributed by atoms with van der Waals surface area (Å²) in [6, 6.07) is 15.6. The molecule has 2 aromatic carbocycles. The summed E-state index contributed by atoms with van der Waals surface area (Å²) >= 11 is 4.94. The maximum absolute atomic E-state index is 13.2. The van der Waals surface area contributed by atoms with E-state index in [9.17, 15) is 4.79 Å². The number of carbonyl (C=O) groups excluding carboxylic acids is 1. The molecule has 1 aliphatic rings. The molecule has 4 rings (SSSR count). The first-order valence-electron chi connectivity index (χ1n) is 8.50. The number of fused-ring (bicyclic) bond motifs is 1. The second-order valence-electron chi connectivity index (χ2n) is 6.39. The smallest absolute Gasteiger partial charge is 0.240 e. The maximum Gasteiger partial charge on any atom is 0.240 e. The predicted molar refractivity (Wildman–Crippen MR) is 110 cm³/mol. The van der Waals surface area contributed by atoms with Gasteiger partial charge < -0.3 is 10.7 Å². The fourth-order valence-electron chi connectivity index (χ4n) is 3.00. The molecule has 0 saturated carbocycles. The van der Waals surface area contributed by atoms with Gasteiger partial charge in [-0.3, -0.25) is 4.79 Å². The topological polar surface area (TPSA) is 71.8 Å². The first kappa shape index (κ1) is 18.1. The number of carbonyl (C=O) groups is 1. The molecule has 1 aliphatic heterocycles. The van der Waals surface area contributed by atoms with Crippen LogP contribution in [0.5, 0.6) is 0 Å². The van der Waals surface area contributed by atoms with E-state index in [2.05, 4.69) is 36.9 Å². The van der Waals surface area contributed by atoms with Crippen molar-refractivity contribution in [3.63, 3.8) is 0 Å². The van der Waals surface area contributed by atoms with Gasteiger partial charge in [0.15, 0.2) is 0 Å². The number of nitrogens with zero attached hydrogens (tertiary/aromatic N) is 3. The number of thioether (sulfide) groups is 1. The lowest BCUT2D eigenvalue weighted by molar-refractivity contribution is -0.116. The van der Waals surface area contributed by atoms with Crippen LogP contribution in [0, 0.1) is 13.8 Å². The number of anilines is 1. The van der Waals surface area contributed by atoms with Crippen molar-refractivity contribution >= 4 is 39.3 Å². The van der Waals surface area contributed by atoms with Gasteiger partial charge in [0.05, 0.1) is 11.7 Å². The predicted octanol–water partition coefficient (Wildman–Crippen LogP) is 4.06. The molecule has 0 saturated heterocycles. The molecule has 0 fully saturated rings. The Morgan fingerprint density at radius 2 is 1.96 bits per heavy atom. The van der Waals surface area contributed by atoms with Crippen molar-refractivity contribution in [3.05, 3.63) is 70.0 Å². The van der Waals surface area contributed by atoms with Crippen molar-refractivity contribution in [2.75, 3.05) is 10.7 Å². The number of amides is 1. The highest BCUT2D eigenvalue weighted by Crippen LogP contribution is 2.37. The van der Waals surface area contributed by atoms with Gasteiger partial charge in [0.2, 0.25) is 11.1 Å². The minimum Gasteiger partial charge on any atom is -0.324 e. The number of rotatable bonds is 3. The first-order valence-corrected chi connectivity index (χ1v) is 10.2. The molecular weight excluding hydrogens is 426 g/mol. The second kappa shape index (κ2) is 7.36. The first-order chi connectivity index (χ1) is 13.0. The molecular formula is C19H18BrN5OS. The number of halogens is 1. The third kappa shape index (κ3) is 3.59. The molecule has 6 nitrogen and oxygen atoms in total. The molecule has 8 heteroatoms. The van der Waals surface area contributed by atoms with Crippen molar-refractivity contribution < 1.29 is 4.79 Å². The average molecular weight is 444 g/mol. The van der Waals surface area contributed by atoms with Crippen molar-refractivity contribution in [1.82, 2.24) is 14.9 Å². The van der Waals surface area contributed by atoms with E-state index >= 15 is 0 Å². The number of hydrogen-bond acceptors (Lipinski definition) is 5. The minimum atomic E-state index is -0.392. The standard InChI is InChI=1S/C19H18BrN5OS/c1-11-8-9-15(14(20)10-11)21-18(26)17-16(13-6-4-3-5-7-13)24-25-12(2)22-23-19(25)27-17/h3-10,16-17,24H,1-2H3,(H,21,26)/t16-,17-/m1/s1. The number of aryl methyl sites for hydroxylation is 2. The van der Waals surface area contributed by atoms with Gasteiger partial charge in [-0.15, -0.1) is 10.2 Å². The normalized spacial score (nSPS) is 18.5. The summed E-state index contributed by atoms with van der Waals surface area (Å²) < 4.78 is 2.70. The van der Waals surface area contributed by atoms with Crippen LogP contribution in [0.4, 0.5) is 5.69 Å². The third-order valence-electron chi connectivity index (χ3n) is 4.40. The van der Waals surface area contributed by atoms with E-state index in [0.717, 1.165) is 27.1 Å². The quantitative estimate of drug-likeness (QED) is 0.638. The van der Waals surface area contributed by atoms with Crippen LogP contribution in [0.25, 0.3) is 0 Å². The summed E-state index contributed by atoms with van der Waals surface area (Å²) in [7, 11) is 0. The number of hydrogen-bond donors (Lipinski definition) is 2. The molecule has 2 atom stereocenters. The summed E-state index contributed by atoms with van der Waals surface area (Å²) in [5, 5.41) is 11.6. The molecule has 0 unspecified atom stereocenters. The molecule has 0 aliphatic carbocycles. The van der Waals surface area contributed by atoms with Crippen LogP contribution in [0.1, 0.15) is 23.0 Å². The Morgan fingerprint density at radius 3 is 2.70 bits per heavy atom. The van der Waals surface area contributed by atoms with Gasteiger partial charge in [-0.1, -0.05) is 48.2 Å². The summed E-state index contributed by atoms with van der Waals surface area (Å²) in [5.41, 5.74) is 6.31. The number of nitrogens with one attached hydrogen (secondary N) is 2. The summed E-state index contributed by atoms with van der Waals surface area (Å²) in [6.07, 6.45) is 0. The van der Waals surface area contributed by atoms with E-state index in [1.54, 1.807) is 0 Å². The molecule has 1 amide bonds. The van der Waals surface area contributed by atoms with Crippen molar-refractivity contribution in [2.45, 2.75) is 30.3 Å². The van der Waals surface area contributed by atoms with E-state index in [0.29, 0.717) is 5.16 Å². The zero-order valence-electron chi connectivity index (χ0n) is 14.8. The number of benzene rings is 2. The van der Waals surface area contributed by atoms with Crippen LogP contribution in [-0.2, 0) is 4.79 Å². The van der Waals surface area contributed by atoms with Crippen molar-refractivity contribution in [2.24, 2.45) is 0 Å². The highest BCUT2D eigenvalue weighted by Gasteiger charge is 2.37. The minimum absolute atomic E-state index is 0.0854. The molecule has 0 spiro atoms. The molecule has 2 N–H and O–H groups in total. The van der Waals surface area contributed by atoms with Gasteiger partial charge in [0.25, 0.3) is 0 Å². The van der Waals surface area contributed by atoms with E-state index in [4.69, 9.17) is 0 Å². The zero-order chi connectivity index (χ0) is 19.0. The molecule has 1 aromatic heterocycles. The van der Waals surface area contributed by atoms with Gasteiger partial charge in [-0.2, -0.15) is 0 Å². The Balaban J connectivity index is 1.66. The van der Waals surface area contributed by atoms with Gasteiger partial charge >= 0.3 is 0 Å². The lowest BCUT2D eigenvalue weighted by atomic mass is 10.0. The van der Waals surface area contributed by atoms with E-state index in [-0.39, 0.29) is 11.9 Å². The van der Waals surface area contributed by atoms with Gasteiger partial charge in [0.1, 0.15) is 11.1 Å². The summed E-state index contributed by atoms with van der Waals surface area (Å²) in [5.74, 6) is 0.677. The largest absolute Gasteiger partial charge is 0.324 e. The molecule has 0 bridgehead atoms. The van der Waals surface area contributed by atoms with E-state index in [1.165, 1.54) is 11.8 Å². The third-order valence-corrected chi connectivity index (χ3v) is 6.27. The molecule has 27 heavy (non-hydrogen) atoms. The Hall–Kier alpha value is -2.32. The van der Waals surface area contributed by atoms with Crippen LogP contribution < -0.4 is 10.7 Å². The molecule has 2 heterocycles. The van der Waals surface area contributed by atoms with Gasteiger partial charge in [-0.05, 0) is 53.0 Å². The van der Waals surface area contributed by atoms with Crippen molar-refractivity contribution in [3.8, 4) is 0 Å². The Kier molecular flexibility index (Phi) is 4.92. The fourth-order valence-corrected chi connectivity index (χ4v) is 4.71. The highest BCUT2D eigenvalue weighted by molar-refractivity contribution is 9.10. The second-order valence-corrected chi connectivity index (χ2v) is 8.36. The zero-order valence-corrected chi connectivity index (χ0v) is 17.2. The van der Waals surface area contributed by atoms with Crippen LogP contribution in [0.2, 0.25) is 0 Å².